The Morgan fingerprint density at radius 3 is 3.21 bits per heavy atom. The van der Waals surface area contributed by atoms with Crippen molar-refractivity contribution in [3.05, 3.63) is 24.2 Å². The molecule has 1 aromatic heterocycles. The Morgan fingerprint density at radius 2 is 2.57 bits per heavy atom. The molecule has 1 aliphatic heterocycles. The minimum Gasteiger partial charge on any atom is -0.457 e. The van der Waals surface area contributed by atoms with Crippen LogP contribution in [0, 0.1) is 0 Å². The molecule has 0 aromatic carbocycles. The second-order valence-electron chi connectivity index (χ2n) is 3.35. The molecule has 1 aromatic rings. The highest BCUT2D eigenvalue weighted by Crippen LogP contribution is 2.10. The van der Waals surface area contributed by atoms with Crippen molar-refractivity contribution < 1.29 is 13.9 Å². The summed E-state index contributed by atoms with van der Waals surface area (Å²) in [7, 11) is 0. The van der Waals surface area contributed by atoms with Gasteiger partial charge >= 0.3 is 5.97 Å². The van der Waals surface area contributed by atoms with E-state index in [0.717, 1.165) is 25.9 Å². The molecule has 0 aliphatic carbocycles. The van der Waals surface area contributed by atoms with Crippen LogP contribution in [0.25, 0.3) is 0 Å². The molecule has 2 rings (SSSR count). The highest BCUT2D eigenvalue weighted by molar-refractivity contribution is 5.86. The largest absolute Gasteiger partial charge is 0.457 e. The number of hydrogen-bond acceptors (Lipinski definition) is 4. The summed E-state index contributed by atoms with van der Waals surface area (Å²) < 4.78 is 10.2. The van der Waals surface area contributed by atoms with Crippen LogP contribution in [0.2, 0.25) is 0 Å². The van der Waals surface area contributed by atoms with Crippen LogP contribution in [0.15, 0.2) is 22.8 Å². The molecule has 0 saturated carbocycles. The fourth-order valence-corrected chi connectivity index (χ4v) is 1.52. The lowest BCUT2D eigenvalue weighted by Crippen LogP contribution is -2.36. The molecular formula is C10H13NO3. The maximum absolute atomic E-state index is 11.4. The van der Waals surface area contributed by atoms with Crippen molar-refractivity contribution >= 4 is 5.97 Å². The molecule has 4 heteroatoms. The molecule has 2 heterocycles. The van der Waals surface area contributed by atoms with Crippen molar-refractivity contribution in [2.45, 2.75) is 18.9 Å². The average molecular weight is 195 g/mol. The highest BCUT2D eigenvalue weighted by atomic mass is 16.6. The van der Waals surface area contributed by atoms with Crippen LogP contribution >= 0.6 is 0 Å². The zero-order chi connectivity index (χ0) is 9.80. The van der Waals surface area contributed by atoms with Gasteiger partial charge in [0.1, 0.15) is 6.10 Å². The van der Waals surface area contributed by atoms with Gasteiger partial charge in [-0.25, -0.2) is 4.79 Å². The van der Waals surface area contributed by atoms with Gasteiger partial charge < -0.3 is 14.5 Å². The maximum atomic E-state index is 11.4. The minimum atomic E-state index is -0.372. The number of hydrogen-bond donors (Lipinski definition) is 1. The topological polar surface area (TPSA) is 51.5 Å². The first kappa shape index (κ1) is 9.27. The second kappa shape index (κ2) is 4.28. The van der Waals surface area contributed by atoms with E-state index in [4.69, 9.17) is 9.15 Å². The average Bonchev–Trinajstić information content (AvgIpc) is 2.72. The van der Waals surface area contributed by atoms with Crippen LogP contribution in [-0.4, -0.2) is 25.2 Å². The van der Waals surface area contributed by atoms with Gasteiger partial charge in [-0.2, -0.15) is 0 Å². The Labute approximate surface area is 82.2 Å². The molecular weight excluding hydrogens is 182 g/mol. The first-order chi connectivity index (χ1) is 6.86. The zero-order valence-electron chi connectivity index (χ0n) is 7.86. The van der Waals surface area contributed by atoms with Crippen molar-refractivity contribution in [1.82, 2.24) is 5.32 Å². The first-order valence-corrected chi connectivity index (χ1v) is 4.81. The lowest BCUT2D eigenvalue weighted by atomic mass is 10.1. The van der Waals surface area contributed by atoms with E-state index < -0.39 is 0 Å². The van der Waals surface area contributed by atoms with Crippen molar-refractivity contribution in [3.8, 4) is 0 Å². The third-order valence-corrected chi connectivity index (χ3v) is 2.25. The van der Waals surface area contributed by atoms with E-state index in [1.165, 1.54) is 6.26 Å². The summed E-state index contributed by atoms with van der Waals surface area (Å²) in [4.78, 5) is 11.4. The molecule has 0 spiro atoms. The molecule has 1 aliphatic rings. The summed E-state index contributed by atoms with van der Waals surface area (Å²) in [5, 5.41) is 3.18. The van der Waals surface area contributed by atoms with Crippen LogP contribution < -0.4 is 5.32 Å². The predicted molar refractivity (Wildman–Crippen MR) is 50.0 cm³/mol. The molecule has 1 N–H and O–H groups in total. The molecule has 76 valence electrons. The molecule has 0 radical (unpaired) electrons. The monoisotopic (exact) mass is 195 g/mol. The van der Waals surface area contributed by atoms with Crippen molar-refractivity contribution in [2.24, 2.45) is 0 Å². The van der Waals surface area contributed by atoms with Gasteiger partial charge in [0.05, 0.1) is 6.26 Å². The van der Waals surface area contributed by atoms with E-state index in [2.05, 4.69) is 5.32 Å². The Balaban J connectivity index is 1.87. The molecule has 1 fully saturated rings. The Hall–Kier alpha value is -1.29. The molecule has 0 amide bonds. The second-order valence-corrected chi connectivity index (χ2v) is 3.35. The summed E-state index contributed by atoms with van der Waals surface area (Å²) >= 11 is 0. The SMILES string of the molecule is O=C(O[C@@H]1CCCNC1)c1ccco1. The fourth-order valence-electron chi connectivity index (χ4n) is 1.52. The quantitative estimate of drug-likeness (QED) is 0.720. The van der Waals surface area contributed by atoms with E-state index >= 15 is 0 Å². The molecule has 1 atom stereocenters. The molecule has 1 saturated heterocycles. The number of carbonyl (C=O) groups excluding carboxylic acids is 1. The Bertz CT molecular complexity index is 288. The number of ether oxygens (including phenoxy) is 1. The maximum Gasteiger partial charge on any atom is 0.374 e. The van der Waals surface area contributed by atoms with Gasteiger partial charge in [0.15, 0.2) is 0 Å². The first-order valence-electron chi connectivity index (χ1n) is 4.81. The van der Waals surface area contributed by atoms with Gasteiger partial charge in [-0.15, -0.1) is 0 Å². The van der Waals surface area contributed by atoms with Gasteiger partial charge in [-0.05, 0) is 31.5 Å². The van der Waals surface area contributed by atoms with E-state index in [9.17, 15) is 4.79 Å². The lowest BCUT2D eigenvalue weighted by Gasteiger charge is -2.22. The van der Waals surface area contributed by atoms with E-state index in [1.807, 2.05) is 0 Å². The number of furan rings is 1. The molecule has 14 heavy (non-hydrogen) atoms. The number of piperidine rings is 1. The van der Waals surface area contributed by atoms with Crippen LogP contribution in [-0.2, 0) is 4.74 Å². The van der Waals surface area contributed by atoms with Crippen molar-refractivity contribution in [1.29, 1.82) is 0 Å². The third kappa shape index (κ3) is 2.14. The summed E-state index contributed by atoms with van der Waals surface area (Å²) in [6, 6.07) is 3.29. The third-order valence-electron chi connectivity index (χ3n) is 2.25. The van der Waals surface area contributed by atoms with E-state index in [1.54, 1.807) is 12.1 Å². The van der Waals surface area contributed by atoms with Crippen LogP contribution in [0.1, 0.15) is 23.4 Å². The Kier molecular flexibility index (Phi) is 2.84. The predicted octanol–water partition coefficient (Wildman–Crippen LogP) is 1.19. The molecule has 0 unspecified atom stereocenters. The van der Waals surface area contributed by atoms with Gasteiger partial charge in [0.2, 0.25) is 5.76 Å². The number of rotatable bonds is 2. The molecule has 4 nitrogen and oxygen atoms in total. The fraction of sp³-hybridized carbons (Fsp3) is 0.500. The Morgan fingerprint density at radius 1 is 1.64 bits per heavy atom. The van der Waals surface area contributed by atoms with Gasteiger partial charge in [-0.1, -0.05) is 0 Å². The standard InChI is InChI=1S/C10H13NO3/c12-10(9-4-2-6-13-9)14-8-3-1-5-11-7-8/h2,4,6,8,11H,1,3,5,7H2/t8-/m1/s1. The summed E-state index contributed by atoms with van der Waals surface area (Å²) in [6.07, 6.45) is 3.44. The van der Waals surface area contributed by atoms with Crippen LogP contribution in [0.3, 0.4) is 0 Å². The van der Waals surface area contributed by atoms with Crippen molar-refractivity contribution in [3.63, 3.8) is 0 Å². The normalized spacial score (nSPS) is 21.9. The highest BCUT2D eigenvalue weighted by Gasteiger charge is 2.19. The van der Waals surface area contributed by atoms with Crippen molar-refractivity contribution in [2.75, 3.05) is 13.1 Å². The zero-order valence-corrected chi connectivity index (χ0v) is 7.86. The summed E-state index contributed by atoms with van der Waals surface area (Å²) in [5.41, 5.74) is 0. The smallest absolute Gasteiger partial charge is 0.374 e. The van der Waals surface area contributed by atoms with Gasteiger partial charge in [-0.3, -0.25) is 0 Å². The lowest BCUT2D eigenvalue weighted by molar-refractivity contribution is 0.0211. The molecule has 0 bridgehead atoms. The van der Waals surface area contributed by atoms with E-state index in [0.29, 0.717) is 0 Å². The summed E-state index contributed by atoms with van der Waals surface area (Å²) in [6.45, 7) is 1.75. The summed E-state index contributed by atoms with van der Waals surface area (Å²) in [5.74, 6) is -0.0979. The number of nitrogens with one attached hydrogen (secondary N) is 1. The minimum absolute atomic E-state index is 0.0126. The van der Waals surface area contributed by atoms with Gasteiger partial charge in [0.25, 0.3) is 0 Å². The van der Waals surface area contributed by atoms with E-state index in [-0.39, 0.29) is 17.8 Å². The van der Waals surface area contributed by atoms with Gasteiger partial charge in [0, 0.05) is 6.54 Å². The number of carbonyl (C=O) groups is 1. The number of esters is 1. The van der Waals surface area contributed by atoms with Crippen LogP contribution in [0.4, 0.5) is 0 Å². The van der Waals surface area contributed by atoms with Crippen LogP contribution in [0.5, 0.6) is 0 Å².